The van der Waals surface area contributed by atoms with Crippen LogP contribution in [0.3, 0.4) is 0 Å². The summed E-state index contributed by atoms with van der Waals surface area (Å²) in [7, 11) is 0. The Morgan fingerprint density at radius 3 is 2.69 bits per heavy atom. The van der Waals surface area contributed by atoms with Crippen LogP contribution in [0.2, 0.25) is 0 Å². The van der Waals surface area contributed by atoms with Crippen LogP contribution in [-0.2, 0) is 17.3 Å². The number of alkyl halides is 3. The topological polar surface area (TPSA) is 59.7 Å². The zero-order valence-corrected chi connectivity index (χ0v) is 15.7. The SMILES string of the molecule is Cc1c(Cc2c(C=O)nc3ncc(N4CCOCC4)cn23)cccc1C(F)(F)F. The lowest BCUT2D eigenvalue weighted by Crippen LogP contribution is -2.36. The van der Waals surface area contributed by atoms with E-state index in [1.54, 1.807) is 16.7 Å². The summed E-state index contributed by atoms with van der Waals surface area (Å²) in [6.07, 6.45) is -0.174. The van der Waals surface area contributed by atoms with E-state index in [2.05, 4.69) is 14.9 Å². The Labute approximate surface area is 164 Å². The number of carbonyl (C=O) groups excluding carboxylic acids is 1. The van der Waals surface area contributed by atoms with Crippen LogP contribution >= 0.6 is 0 Å². The maximum atomic E-state index is 13.3. The van der Waals surface area contributed by atoms with E-state index >= 15 is 0 Å². The number of halogens is 3. The number of morpholine rings is 1. The van der Waals surface area contributed by atoms with Crippen molar-refractivity contribution in [1.29, 1.82) is 0 Å². The van der Waals surface area contributed by atoms with Crippen LogP contribution < -0.4 is 4.90 Å². The highest BCUT2D eigenvalue weighted by Crippen LogP contribution is 2.33. The summed E-state index contributed by atoms with van der Waals surface area (Å²) < 4.78 is 46.8. The van der Waals surface area contributed by atoms with Gasteiger partial charge in [0.05, 0.1) is 36.4 Å². The second kappa shape index (κ2) is 7.47. The molecule has 29 heavy (non-hydrogen) atoms. The molecule has 1 fully saturated rings. The van der Waals surface area contributed by atoms with Gasteiger partial charge in [0.15, 0.2) is 6.29 Å². The summed E-state index contributed by atoms with van der Waals surface area (Å²) in [4.78, 5) is 22.3. The molecule has 1 aliphatic rings. The third-order valence-corrected chi connectivity index (χ3v) is 5.19. The summed E-state index contributed by atoms with van der Waals surface area (Å²) in [6.45, 7) is 4.09. The van der Waals surface area contributed by atoms with E-state index in [1.807, 2.05) is 6.20 Å². The molecule has 0 aliphatic carbocycles. The Balaban J connectivity index is 1.77. The highest BCUT2D eigenvalue weighted by Gasteiger charge is 2.33. The number of rotatable bonds is 4. The van der Waals surface area contributed by atoms with Crippen molar-refractivity contribution < 1.29 is 22.7 Å². The van der Waals surface area contributed by atoms with Crippen molar-refractivity contribution in [3.05, 3.63) is 58.7 Å². The molecular formula is C20H19F3N4O2. The summed E-state index contributed by atoms with van der Waals surface area (Å²) >= 11 is 0. The number of imidazole rings is 1. The fraction of sp³-hybridized carbons (Fsp3) is 0.350. The molecule has 1 aromatic carbocycles. The molecule has 3 aromatic rings. The molecule has 0 saturated carbocycles. The molecule has 6 nitrogen and oxygen atoms in total. The van der Waals surface area contributed by atoms with Crippen LogP contribution in [0.25, 0.3) is 5.78 Å². The fourth-order valence-electron chi connectivity index (χ4n) is 3.60. The molecule has 1 aliphatic heterocycles. The average Bonchev–Trinajstić information content (AvgIpc) is 3.06. The van der Waals surface area contributed by atoms with Crippen molar-refractivity contribution in [2.24, 2.45) is 0 Å². The van der Waals surface area contributed by atoms with E-state index in [0.717, 1.165) is 11.8 Å². The molecule has 0 amide bonds. The first kappa shape index (κ1) is 19.4. The first-order valence-electron chi connectivity index (χ1n) is 9.19. The zero-order chi connectivity index (χ0) is 20.6. The number of aromatic nitrogens is 3. The normalized spacial score (nSPS) is 15.1. The van der Waals surface area contributed by atoms with Crippen molar-refractivity contribution in [1.82, 2.24) is 14.4 Å². The quantitative estimate of drug-likeness (QED) is 0.625. The number of ether oxygens (including phenoxy) is 1. The van der Waals surface area contributed by atoms with Gasteiger partial charge >= 0.3 is 6.18 Å². The minimum absolute atomic E-state index is 0.138. The Kier molecular flexibility index (Phi) is 4.99. The lowest BCUT2D eigenvalue weighted by atomic mass is 9.98. The van der Waals surface area contributed by atoms with Crippen LogP contribution in [0.1, 0.15) is 32.9 Å². The van der Waals surface area contributed by atoms with E-state index in [1.165, 1.54) is 13.0 Å². The number of carbonyl (C=O) groups is 1. The van der Waals surface area contributed by atoms with Gasteiger partial charge in [-0.1, -0.05) is 12.1 Å². The first-order valence-corrected chi connectivity index (χ1v) is 9.19. The van der Waals surface area contributed by atoms with Crippen molar-refractivity contribution in [3.8, 4) is 0 Å². The van der Waals surface area contributed by atoms with Crippen LogP contribution in [0.15, 0.2) is 30.6 Å². The molecule has 4 rings (SSSR count). The molecule has 152 valence electrons. The number of nitrogens with zero attached hydrogens (tertiary/aromatic N) is 4. The van der Waals surface area contributed by atoms with Gasteiger partial charge in [0, 0.05) is 25.7 Å². The maximum absolute atomic E-state index is 13.3. The van der Waals surface area contributed by atoms with Gasteiger partial charge in [-0.3, -0.25) is 9.20 Å². The van der Waals surface area contributed by atoms with E-state index in [9.17, 15) is 18.0 Å². The number of fused-ring (bicyclic) bond motifs is 1. The van der Waals surface area contributed by atoms with Crippen molar-refractivity contribution >= 4 is 17.8 Å². The van der Waals surface area contributed by atoms with E-state index in [0.29, 0.717) is 49.6 Å². The monoisotopic (exact) mass is 404 g/mol. The molecular weight excluding hydrogens is 385 g/mol. The minimum Gasteiger partial charge on any atom is -0.378 e. The van der Waals surface area contributed by atoms with Gasteiger partial charge in [0.25, 0.3) is 0 Å². The zero-order valence-electron chi connectivity index (χ0n) is 15.7. The van der Waals surface area contributed by atoms with Crippen molar-refractivity contribution in [3.63, 3.8) is 0 Å². The van der Waals surface area contributed by atoms with Crippen LogP contribution in [-0.4, -0.2) is 47.0 Å². The largest absolute Gasteiger partial charge is 0.416 e. The van der Waals surface area contributed by atoms with Crippen molar-refractivity contribution in [2.45, 2.75) is 19.5 Å². The second-order valence-electron chi connectivity index (χ2n) is 6.91. The summed E-state index contributed by atoms with van der Waals surface area (Å²) in [5.41, 5.74) is 1.49. The molecule has 0 atom stereocenters. The van der Waals surface area contributed by atoms with Crippen LogP contribution in [0, 0.1) is 6.92 Å². The lowest BCUT2D eigenvalue weighted by Gasteiger charge is -2.28. The molecule has 0 unspecified atom stereocenters. The van der Waals surface area contributed by atoms with E-state index in [4.69, 9.17) is 4.74 Å². The van der Waals surface area contributed by atoms with Gasteiger partial charge in [-0.15, -0.1) is 0 Å². The highest BCUT2D eigenvalue weighted by atomic mass is 19.4. The highest BCUT2D eigenvalue weighted by molar-refractivity contribution is 5.76. The molecule has 9 heteroatoms. The third-order valence-electron chi connectivity index (χ3n) is 5.19. The first-order chi connectivity index (χ1) is 13.9. The van der Waals surface area contributed by atoms with Gasteiger partial charge in [0.2, 0.25) is 5.78 Å². The van der Waals surface area contributed by atoms with Gasteiger partial charge in [-0.2, -0.15) is 13.2 Å². The number of benzene rings is 1. The Morgan fingerprint density at radius 1 is 1.24 bits per heavy atom. The van der Waals surface area contributed by atoms with Crippen LogP contribution in [0.4, 0.5) is 18.9 Å². The smallest absolute Gasteiger partial charge is 0.378 e. The lowest BCUT2D eigenvalue weighted by molar-refractivity contribution is -0.138. The molecule has 3 heterocycles. The van der Waals surface area contributed by atoms with E-state index < -0.39 is 11.7 Å². The molecule has 2 aromatic heterocycles. The number of hydrogen-bond acceptors (Lipinski definition) is 5. The van der Waals surface area contributed by atoms with Gasteiger partial charge in [-0.05, 0) is 24.1 Å². The number of anilines is 1. The summed E-state index contributed by atoms with van der Waals surface area (Å²) in [5, 5.41) is 0. The molecule has 0 N–H and O–H groups in total. The van der Waals surface area contributed by atoms with Gasteiger partial charge < -0.3 is 9.64 Å². The average molecular weight is 404 g/mol. The van der Waals surface area contributed by atoms with Gasteiger partial charge in [-0.25, -0.2) is 9.97 Å². The second-order valence-corrected chi connectivity index (χ2v) is 6.91. The van der Waals surface area contributed by atoms with Crippen LogP contribution in [0.5, 0.6) is 0 Å². The molecule has 0 spiro atoms. The van der Waals surface area contributed by atoms with Gasteiger partial charge in [0.1, 0.15) is 5.69 Å². The Hall–Kier alpha value is -2.94. The Morgan fingerprint density at radius 2 is 2.00 bits per heavy atom. The molecule has 0 radical (unpaired) electrons. The maximum Gasteiger partial charge on any atom is 0.416 e. The van der Waals surface area contributed by atoms with Crippen molar-refractivity contribution in [2.75, 3.05) is 31.2 Å². The number of aldehydes is 1. The van der Waals surface area contributed by atoms with E-state index in [-0.39, 0.29) is 17.7 Å². The minimum atomic E-state index is -4.43. The standard InChI is InChI=1S/C20H19F3N4O2/c1-13-14(3-2-4-16(13)20(21,22)23)9-18-17(12-28)25-19-24-10-15(11-27(18)19)26-5-7-29-8-6-26/h2-4,10-12H,5-9H2,1H3. The molecule has 0 bridgehead atoms. The predicted molar refractivity (Wildman–Crippen MR) is 100 cm³/mol. The third kappa shape index (κ3) is 3.69. The fourth-order valence-corrected chi connectivity index (χ4v) is 3.60. The summed E-state index contributed by atoms with van der Waals surface area (Å²) in [6, 6.07) is 4.08. The predicted octanol–water partition coefficient (Wildman–Crippen LogP) is 3.30. The summed E-state index contributed by atoms with van der Waals surface area (Å²) in [5.74, 6) is 0.337. The Bertz CT molecular complexity index is 1060. The number of hydrogen-bond donors (Lipinski definition) is 0. The molecule has 1 saturated heterocycles.